The molecule has 0 saturated heterocycles. The summed E-state index contributed by atoms with van der Waals surface area (Å²) in [5.74, 6) is -1.57. The summed E-state index contributed by atoms with van der Waals surface area (Å²) < 4.78 is 28.1. The Balaban J connectivity index is 2.06. The lowest BCUT2D eigenvalue weighted by atomic mass is 9.92. The number of carbonyl (C=O) groups excluding carboxylic acids is 1. The van der Waals surface area contributed by atoms with Crippen molar-refractivity contribution in [2.75, 3.05) is 13.6 Å². The molecule has 2 aromatic rings. The second-order valence-corrected chi connectivity index (χ2v) is 11.4. The number of guanidine groups is 1. The first-order valence-electron chi connectivity index (χ1n) is 11.8. The predicted molar refractivity (Wildman–Crippen MR) is 134 cm³/mol. The molecular weight excluding hydrogens is 484 g/mol. The minimum atomic E-state index is -4.15. The number of hydrogen-bond donors (Lipinski definition) is 3. The van der Waals surface area contributed by atoms with Gasteiger partial charge in [-0.15, -0.1) is 0 Å². The van der Waals surface area contributed by atoms with Crippen LogP contribution in [0.1, 0.15) is 42.4 Å². The third kappa shape index (κ3) is 5.49. The maximum atomic E-state index is 14.4. The molecule has 1 amide bonds. The molecule has 0 aliphatic heterocycles. The highest BCUT2D eigenvalue weighted by atomic mass is 32.2. The van der Waals surface area contributed by atoms with Crippen LogP contribution in [0.5, 0.6) is 0 Å². The van der Waals surface area contributed by atoms with E-state index in [0.29, 0.717) is 17.0 Å². The van der Waals surface area contributed by atoms with Crippen LogP contribution < -0.4 is 11.5 Å². The van der Waals surface area contributed by atoms with Crippen molar-refractivity contribution in [3.05, 3.63) is 75.3 Å². The number of fused-ring (bicyclic) bond motifs is 1. The van der Waals surface area contributed by atoms with Crippen molar-refractivity contribution in [3.63, 3.8) is 0 Å². The topological polar surface area (TPSA) is 173 Å². The molecule has 2 aromatic carbocycles. The molecule has 5 N–H and O–H groups in total. The number of likely N-dealkylation sites (N-methyl/N-ethyl adjacent to an activating group) is 1. The Bertz CT molecular complexity index is 1220. The number of hydrogen-bond acceptors (Lipinski definition) is 6. The Labute approximate surface area is 211 Å². The number of nitrogens with one attached hydrogen (secondary N) is 1. The third-order valence-electron chi connectivity index (χ3n) is 6.83. The van der Waals surface area contributed by atoms with Gasteiger partial charge in [0.2, 0.25) is 0 Å². The molecule has 12 heteroatoms. The molecule has 0 radical (unpaired) electrons. The quantitative estimate of drug-likeness (QED) is 0.134. The molecule has 1 unspecified atom stereocenters. The third-order valence-corrected chi connectivity index (χ3v) is 9.25. The summed E-state index contributed by atoms with van der Waals surface area (Å²) in [5, 5.41) is 18.2. The highest BCUT2D eigenvalue weighted by Crippen LogP contribution is 2.35. The molecule has 0 heterocycles. The zero-order chi connectivity index (χ0) is 26.5. The van der Waals surface area contributed by atoms with Crippen LogP contribution in [0.2, 0.25) is 0 Å². The molecule has 0 spiro atoms. The van der Waals surface area contributed by atoms with E-state index in [0.717, 1.165) is 30.4 Å². The van der Waals surface area contributed by atoms with Crippen molar-refractivity contribution in [1.82, 2.24) is 5.01 Å². The van der Waals surface area contributed by atoms with Crippen molar-refractivity contribution in [2.45, 2.75) is 56.0 Å². The van der Waals surface area contributed by atoms with E-state index in [1.165, 1.54) is 7.05 Å². The molecule has 0 bridgehead atoms. The van der Waals surface area contributed by atoms with Crippen molar-refractivity contribution >= 4 is 21.9 Å². The molecule has 194 valence electrons. The molecule has 36 heavy (non-hydrogen) atoms. The normalized spacial score (nSPS) is 15.8. The predicted octanol–water partition coefficient (Wildman–Crippen LogP) is 1.92. The van der Waals surface area contributed by atoms with Gasteiger partial charge >= 0.3 is 10.0 Å². The molecule has 0 saturated carbocycles. The van der Waals surface area contributed by atoms with E-state index in [9.17, 15) is 23.3 Å². The number of benzene rings is 2. The minimum absolute atomic E-state index is 0.0217. The van der Waals surface area contributed by atoms with E-state index in [-0.39, 0.29) is 30.8 Å². The zero-order valence-electron chi connectivity index (χ0n) is 20.3. The molecule has 2 atom stereocenters. The van der Waals surface area contributed by atoms with E-state index in [1.807, 2.05) is 12.1 Å². The number of carbonyl (C=O) groups is 1. The SMILES string of the molecule is C[N+](Cc1ccccc1)([C@@H](CCCN(C(=N)N)[N+](=O)[O-])C(N)=O)S(=O)(=O)c1cccc2c1CCCC2. The van der Waals surface area contributed by atoms with Crippen LogP contribution in [0, 0.1) is 15.5 Å². The lowest BCUT2D eigenvalue weighted by molar-refractivity contribution is -0.817. The second-order valence-electron chi connectivity index (χ2n) is 9.20. The van der Waals surface area contributed by atoms with Gasteiger partial charge in [0.25, 0.3) is 11.9 Å². The number of primary amides is 1. The number of nitrogens with two attached hydrogens (primary N) is 2. The van der Waals surface area contributed by atoms with Crippen molar-refractivity contribution in [1.29, 1.82) is 5.41 Å². The Morgan fingerprint density at radius 3 is 2.42 bits per heavy atom. The molecule has 3 rings (SSSR count). The average Bonchev–Trinajstić information content (AvgIpc) is 2.83. The van der Waals surface area contributed by atoms with Gasteiger partial charge in [-0.2, -0.15) is 8.42 Å². The first kappa shape index (κ1) is 27.1. The Morgan fingerprint density at radius 1 is 1.14 bits per heavy atom. The summed E-state index contributed by atoms with van der Waals surface area (Å²) in [4.78, 5) is 24.2. The van der Waals surface area contributed by atoms with Crippen molar-refractivity contribution in [2.24, 2.45) is 11.5 Å². The van der Waals surface area contributed by atoms with Crippen molar-refractivity contribution in [3.8, 4) is 0 Å². The lowest BCUT2D eigenvalue weighted by Crippen LogP contribution is -2.60. The maximum absolute atomic E-state index is 14.4. The van der Waals surface area contributed by atoms with Gasteiger partial charge in [0.05, 0.1) is 13.6 Å². The van der Waals surface area contributed by atoms with Gasteiger partial charge in [0.1, 0.15) is 11.4 Å². The smallest absolute Gasteiger partial charge is 0.328 e. The average molecular weight is 518 g/mol. The molecule has 0 fully saturated rings. The van der Waals surface area contributed by atoms with Gasteiger partial charge in [-0.05, 0) is 49.3 Å². The number of nitro groups is 1. The highest BCUT2D eigenvalue weighted by molar-refractivity contribution is 7.86. The Morgan fingerprint density at radius 2 is 1.81 bits per heavy atom. The molecule has 1 aliphatic carbocycles. The summed E-state index contributed by atoms with van der Waals surface area (Å²) in [6.07, 6.45) is 3.27. The summed E-state index contributed by atoms with van der Waals surface area (Å²) in [6.45, 7) is -0.287. The van der Waals surface area contributed by atoms with Crippen LogP contribution in [0.15, 0.2) is 53.4 Å². The lowest BCUT2D eigenvalue weighted by Gasteiger charge is -2.39. The first-order valence-corrected chi connectivity index (χ1v) is 13.2. The number of rotatable bonds is 11. The van der Waals surface area contributed by atoms with Crippen LogP contribution in [0.25, 0.3) is 0 Å². The highest BCUT2D eigenvalue weighted by Gasteiger charge is 2.49. The summed E-state index contributed by atoms with van der Waals surface area (Å²) >= 11 is 0. The van der Waals surface area contributed by atoms with Crippen LogP contribution in [0.4, 0.5) is 0 Å². The fourth-order valence-corrected chi connectivity index (χ4v) is 7.04. The fraction of sp³-hybridized carbons (Fsp3) is 0.417. The van der Waals surface area contributed by atoms with E-state index >= 15 is 0 Å². The van der Waals surface area contributed by atoms with Crippen molar-refractivity contribution < 1.29 is 22.1 Å². The summed E-state index contributed by atoms with van der Waals surface area (Å²) in [5.41, 5.74) is 13.6. The van der Waals surface area contributed by atoms with Crippen LogP contribution in [0.3, 0.4) is 0 Å². The van der Waals surface area contributed by atoms with E-state index in [2.05, 4.69) is 0 Å². The van der Waals surface area contributed by atoms with Gasteiger partial charge in [0.15, 0.2) is 11.1 Å². The van der Waals surface area contributed by atoms with Gasteiger partial charge in [-0.1, -0.05) is 47.5 Å². The number of sulfonamides is 1. The Kier molecular flexibility index (Phi) is 8.31. The molecule has 0 aromatic heterocycles. The summed E-state index contributed by atoms with van der Waals surface area (Å²) in [7, 11) is -2.66. The van der Waals surface area contributed by atoms with E-state index in [4.69, 9.17) is 16.9 Å². The van der Waals surface area contributed by atoms with E-state index < -0.39 is 36.9 Å². The largest absolute Gasteiger partial charge is 0.365 e. The van der Waals surface area contributed by atoms with Crippen LogP contribution >= 0.6 is 0 Å². The number of aryl methyl sites for hydroxylation is 1. The molecular formula is C24H33N6O5S+. The molecule has 11 nitrogen and oxygen atoms in total. The maximum Gasteiger partial charge on any atom is 0.328 e. The van der Waals surface area contributed by atoms with Gasteiger partial charge in [0, 0.05) is 12.0 Å². The number of hydrazine groups is 1. The standard InChI is InChI=1S/C24H32N6O5S/c1-30(17-18-9-3-2-4-10-18,21(23(25)31)14-8-16-28(24(26)27)29(32)33)36(34,35)22-15-7-12-19-11-5-6-13-20(19)22/h2-4,7,9-10,12,15,21H,5-6,8,11,13-14,16-17H2,1H3,(H4-,25,26,27,31)/p+1/t21-,30?/m0/s1. The van der Waals surface area contributed by atoms with E-state index in [1.54, 1.807) is 36.4 Å². The fourth-order valence-electron chi connectivity index (χ4n) is 4.93. The van der Waals surface area contributed by atoms with Gasteiger partial charge in [-0.3, -0.25) is 10.2 Å². The number of quaternary nitrogens is 1. The molecule has 1 aliphatic rings. The van der Waals surface area contributed by atoms with Gasteiger partial charge < -0.3 is 11.5 Å². The summed E-state index contributed by atoms with van der Waals surface area (Å²) in [6, 6.07) is 13.0. The van der Waals surface area contributed by atoms with Crippen LogP contribution in [-0.2, 0) is 34.2 Å². The van der Waals surface area contributed by atoms with Crippen LogP contribution in [-0.4, -0.2) is 53.8 Å². The Hall–Kier alpha value is -3.51. The van der Waals surface area contributed by atoms with Gasteiger partial charge in [-0.25, -0.2) is 14.0 Å². The monoisotopic (exact) mass is 517 g/mol. The zero-order valence-corrected chi connectivity index (χ0v) is 21.1. The second kappa shape index (κ2) is 11.0. The number of amides is 1. The number of nitrogens with zero attached hydrogens (tertiary/aromatic N) is 3. The minimum Gasteiger partial charge on any atom is -0.365 e. The first-order chi connectivity index (χ1) is 17.0.